The van der Waals surface area contributed by atoms with E-state index in [1.54, 1.807) is 59.5 Å². The molecule has 0 saturated carbocycles. The molecule has 2 aromatic carbocycles. The van der Waals surface area contributed by atoms with E-state index in [0.29, 0.717) is 23.2 Å². The first kappa shape index (κ1) is 21.9. The third-order valence-electron chi connectivity index (χ3n) is 4.62. The van der Waals surface area contributed by atoms with E-state index >= 15 is 0 Å². The zero-order valence-corrected chi connectivity index (χ0v) is 17.3. The van der Waals surface area contributed by atoms with E-state index in [9.17, 15) is 14.4 Å². The zero-order valence-electron chi connectivity index (χ0n) is 17.3. The van der Waals surface area contributed by atoms with Crippen LogP contribution in [0.5, 0.6) is 0 Å². The van der Waals surface area contributed by atoms with E-state index in [0.717, 1.165) is 24.9 Å². The summed E-state index contributed by atoms with van der Waals surface area (Å²) in [4.78, 5) is 40.3. The largest absolute Gasteiger partial charge is 0.454 e. The molecule has 0 aliphatic heterocycles. The van der Waals surface area contributed by atoms with Crippen molar-refractivity contribution < 1.29 is 19.1 Å². The van der Waals surface area contributed by atoms with Gasteiger partial charge >= 0.3 is 5.97 Å². The van der Waals surface area contributed by atoms with Crippen molar-refractivity contribution in [1.29, 1.82) is 0 Å². The molecule has 3 aromatic rings. The number of Topliss-reactive ketones (excluding diaryl/α,β-unsaturated/α-hetero) is 1. The Morgan fingerprint density at radius 3 is 2.32 bits per heavy atom. The SMILES string of the molecule is CCCCCC(=O)Nc1ccc(C(=O)COC(=O)c2ccc(-n3cncn3)cc2)cc1. The van der Waals surface area contributed by atoms with E-state index in [2.05, 4.69) is 22.3 Å². The van der Waals surface area contributed by atoms with Gasteiger partial charge in [0, 0.05) is 17.7 Å². The molecule has 8 nitrogen and oxygen atoms in total. The molecule has 0 atom stereocenters. The van der Waals surface area contributed by atoms with Crippen molar-refractivity contribution in [3.8, 4) is 5.69 Å². The number of rotatable bonds is 10. The monoisotopic (exact) mass is 420 g/mol. The average Bonchev–Trinajstić information content (AvgIpc) is 3.33. The van der Waals surface area contributed by atoms with Crippen LogP contribution in [-0.4, -0.2) is 39.0 Å². The molecule has 0 aliphatic rings. The van der Waals surface area contributed by atoms with Crippen LogP contribution in [0.15, 0.2) is 61.2 Å². The van der Waals surface area contributed by atoms with Gasteiger partial charge < -0.3 is 10.1 Å². The maximum atomic E-state index is 12.3. The summed E-state index contributed by atoms with van der Waals surface area (Å²) in [6.07, 6.45) is 6.38. The Kier molecular flexibility index (Phi) is 7.64. The van der Waals surface area contributed by atoms with E-state index in [-0.39, 0.29) is 18.3 Å². The second kappa shape index (κ2) is 10.8. The quantitative estimate of drug-likeness (QED) is 0.304. The molecule has 8 heteroatoms. The van der Waals surface area contributed by atoms with Crippen molar-refractivity contribution in [1.82, 2.24) is 14.8 Å². The van der Waals surface area contributed by atoms with Gasteiger partial charge in [0.25, 0.3) is 0 Å². The van der Waals surface area contributed by atoms with Gasteiger partial charge in [0.15, 0.2) is 12.4 Å². The molecule has 0 spiro atoms. The van der Waals surface area contributed by atoms with E-state index < -0.39 is 5.97 Å². The number of ketones is 1. The highest BCUT2D eigenvalue weighted by molar-refractivity contribution is 6.00. The lowest BCUT2D eigenvalue weighted by Crippen LogP contribution is -2.15. The van der Waals surface area contributed by atoms with Crippen molar-refractivity contribution in [3.63, 3.8) is 0 Å². The summed E-state index contributed by atoms with van der Waals surface area (Å²) < 4.78 is 6.70. The summed E-state index contributed by atoms with van der Waals surface area (Å²) >= 11 is 0. The fourth-order valence-corrected chi connectivity index (χ4v) is 2.89. The number of carbonyl (C=O) groups is 3. The number of amides is 1. The summed E-state index contributed by atoms with van der Waals surface area (Å²) in [5, 5.41) is 6.82. The first-order valence-electron chi connectivity index (χ1n) is 10.1. The van der Waals surface area contributed by atoms with Crippen molar-refractivity contribution in [2.24, 2.45) is 0 Å². The molecule has 0 saturated heterocycles. The normalized spacial score (nSPS) is 10.5. The molecule has 0 bridgehead atoms. The molecule has 3 rings (SSSR count). The van der Waals surface area contributed by atoms with Gasteiger partial charge in [-0.3, -0.25) is 9.59 Å². The molecule has 1 aromatic heterocycles. The Morgan fingerprint density at radius 2 is 1.68 bits per heavy atom. The van der Waals surface area contributed by atoms with Gasteiger partial charge in [0.1, 0.15) is 12.7 Å². The molecule has 1 heterocycles. The number of carbonyl (C=O) groups excluding carboxylic acids is 3. The van der Waals surface area contributed by atoms with Crippen LogP contribution in [0.2, 0.25) is 0 Å². The fourth-order valence-electron chi connectivity index (χ4n) is 2.89. The minimum Gasteiger partial charge on any atom is -0.454 e. The number of ether oxygens (including phenoxy) is 1. The van der Waals surface area contributed by atoms with Gasteiger partial charge in [-0.2, -0.15) is 5.10 Å². The molecular formula is C23H24N4O4. The summed E-state index contributed by atoms with van der Waals surface area (Å²) in [5.41, 5.74) is 2.11. The number of nitrogens with one attached hydrogen (secondary N) is 1. The van der Waals surface area contributed by atoms with Gasteiger partial charge in [0.2, 0.25) is 5.91 Å². The predicted molar refractivity (Wildman–Crippen MR) is 115 cm³/mol. The summed E-state index contributed by atoms with van der Waals surface area (Å²) in [5.74, 6) is -0.959. The maximum Gasteiger partial charge on any atom is 0.338 e. The van der Waals surface area contributed by atoms with Crippen LogP contribution in [0.25, 0.3) is 5.69 Å². The highest BCUT2D eigenvalue weighted by Gasteiger charge is 2.12. The van der Waals surface area contributed by atoms with Gasteiger partial charge in [-0.25, -0.2) is 14.5 Å². The van der Waals surface area contributed by atoms with Gasteiger partial charge in [-0.05, 0) is 55.0 Å². The highest BCUT2D eigenvalue weighted by Crippen LogP contribution is 2.13. The Balaban J connectivity index is 1.48. The number of unbranched alkanes of at least 4 members (excludes halogenated alkanes) is 2. The van der Waals surface area contributed by atoms with Crippen molar-refractivity contribution >= 4 is 23.3 Å². The van der Waals surface area contributed by atoms with Crippen LogP contribution in [0.1, 0.15) is 53.3 Å². The van der Waals surface area contributed by atoms with Crippen LogP contribution in [0.3, 0.4) is 0 Å². The van der Waals surface area contributed by atoms with Crippen LogP contribution in [0.4, 0.5) is 5.69 Å². The predicted octanol–water partition coefficient (Wildman–Crippen LogP) is 3.83. The molecule has 160 valence electrons. The number of benzene rings is 2. The molecule has 0 radical (unpaired) electrons. The molecular weight excluding hydrogens is 396 g/mol. The van der Waals surface area contributed by atoms with Gasteiger partial charge in [-0.1, -0.05) is 19.8 Å². The zero-order chi connectivity index (χ0) is 22.1. The smallest absolute Gasteiger partial charge is 0.338 e. The minimum absolute atomic E-state index is 0.0451. The number of hydrogen-bond acceptors (Lipinski definition) is 6. The van der Waals surface area contributed by atoms with Crippen molar-refractivity contribution in [2.75, 3.05) is 11.9 Å². The standard InChI is InChI=1S/C23H24N4O4/c1-2-3-4-5-22(29)26-19-10-6-17(7-11-19)21(28)14-31-23(30)18-8-12-20(13-9-18)27-16-24-15-25-27/h6-13,15-16H,2-5,14H2,1H3,(H,26,29). The number of esters is 1. The lowest BCUT2D eigenvalue weighted by atomic mass is 10.1. The summed E-state index contributed by atoms with van der Waals surface area (Å²) in [7, 11) is 0. The van der Waals surface area contributed by atoms with E-state index in [1.165, 1.54) is 6.33 Å². The first-order valence-corrected chi connectivity index (χ1v) is 10.1. The lowest BCUT2D eigenvalue weighted by Gasteiger charge is -2.07. The Morgan fingerprint density at radius 1 is 0.968 bits per heavy atom. The second-order valence-corrected chi connectivity index (χ2v) is 6.97. The molecule has 1 amide bonds. The number of anilines is 1. The maximum absolute atomic E-state index is 12.3. The Labute approximate surface area is 180 Å². The van der Waals surface area contributed by atoms with Gasteiger partial charge in [0.05, 0.1) is 11.3 Å². The average molecular weight is 420 g/mol. The van der Waals surface area contributed by atoms with E-state index in [1.807, 2.05) is 0 Å². The summed E-state index contributed by atoms with van der Waals surface area (Å²) in [6.45, 7) is 1.72. The molecule has 31 heavy (non-hydrogen) atoms. The highest BCUT2D eigenvalue weighted by atomic mass is 16.5. The molecule has 0 aliphatic carbocycles. The van der Waals surface area contributed by atoms with Crippen LogP contribution in [0, 0.1) is 0 Å². The first-order chi connectivity index (χ1) is 15.1. The topological polar surface area (TPSA) is 103 Å². The summed E-state index contributed by atoms with van der Waals surface area (Å²) in [6, 6.07) is 13.1. The number of aromatic nitrogens is 3. The Bertz CT molecular complexity index is 1010. The van der Waals surface area contributed by atoms with Crippen molar-refractivity contribution in [3.05, 3.63) is 72.3 Å². The van der Waals surface area contributed by atoms with Gasteiger partial charge in [-0.15, -0.1) is 0 Å². The third-order valence-corrected chi connectivity index (χ3v) is 4.62. The molecule has 0 unspecified atom stereocenters. The fraction of sp³-hybridized carbons (Fsp3) is 0.261. The second-order valence-electron chi connectivity index (χ2n) is 6.97. The van der Waals surface area contributed by atoms with Crippen LogP contribution >= 0.6 is 0 Å². The third kappa shape index (κ3) is 6.33. The number of nitrogens with zero attached hydrogens (tertiary/aromatic N) is 3. The van der Waals surface area contributed by atoms with E-state index in [4.69, 9.17) is 4.74 Å². The number of hydrogen-bond donors (Lipinski definition) is 1. The molecule has 1 N–H and O–H groups in total. The minimum atomic E-state index is -0.588. The van der Waals surface area contributed by atoms with Crippen LogP contribution in [-0.2, 0) is 9.53 Å². The van der Waals surface area contributed by atoms with Crippen molar-refractivity contribution in [2.45, 2.75) is 32.6 Å². The van der Waals surface area contributed by atoms with Crippen LogP contribution < -0.4 is 5.32 Å². The lowest BCUT2D eigenvalue weighted by molar-refractivity contribution is -0.116. The Hall–Kier alpha value is -3.81. The molecule has 0 fully saturated rings.